The Morgan fingerprint density at radius 1 is 1.18 bits per heavy atom. The molecule has 0 saturated heterocycles. The minimum absolute atomic E-state index is 0.0465. The van der Waals surface area contributed by atoms with Crippen LogP contribution in [0.5, 0.6) is 5.75 Å². The lowest BCUT2D eigenvalue weighted by molar-refractivity contribution is -0.120. The molecular formula is C16H14Cl2FNO2. The van der Waals surface area contributed by atoms with Crippen LogP contribution in [0.1, 0.15) is 5.56 Å². The fourth-order valence-corrected chi connectivity index (χ4v) is 2.16. The summed E-state index contributed by atoms with van der Waals surface area (Å²) in [5.74, 6) is -0.221. The van der Waals surface area contributed by atoms with Gasteiger partial charge in [-0.2, -0.15) is 0 Å². The zero-order valence-electron chi connectivity index (χ0n) is 11.6. The molecule has 1 N–H and O–H groups in total. The molecule has 2 aromatic carbocycles. The number of carbonyl (C=O) groups is 1. The number of rotatable bonds is 6. The quantitative estimate of drug-likeness (QED) is 0.810. The Balaban J connectivity index is 1.75. The average molecular weight is 342 g/mol. The molecule has 0 aliphatic heterocycles. The summed E-state index contributed by atoms with van der Waals surface area (Å²) in [6, 6.07) is 11.3. The van der Waals surface area contributed by atoms with Crippen LogP contribution in [0.2, 0.25) is 10.0 Å². The predicted molar refractivity (Wildman–Crippen MR) is 85.1 cm³/mol. The van der Waals surface area contributed by atoms with Gasteiger partial charge < -0.3 is 10.1 Å². The first kappa shape index (κ1) is 16.6. The largest absolute Gasteiger partial charge is 0.490 e. The van der Waals surface area contributed by atoms with E-state index >= 15 is 0 Å². The van der Waals surface area contributed by atoms with Crippen LogP contribution in [-0.4, -0.2) is 19.1 Å². The number of amides is 1. The lowest BCUT2D eigenvalue weighted by Gasteiger charge is -2.09. The van der Waals surface area contributed by atoms with Crippen LogP contribution in [-0.2, 0) is 11.2 Å². The second-order valence-corrected chi connectivity index (χ2v) is 5.38. The first-order valence-corrected chi connectivity index (χ1v) is 7.40. The fraction of sp³-hybridized carbons (Fsp3) is 0.188. The lowest BCUT2D eigenvalue weighted by atomic mass is 10.1. The maximum absolute atomic E-state index is 13.6. The number of nitrogens with one attached hydrogen (secondary N) is 1. The van der Waals surface area contributed by atoms with Crippen molar-refractivity contribution in [1.82, 2.24) is 5.32 Å². The van der Waals surface area contributed by atoms with E-state index in [9.17, 15) is 9.18 Å². The predicted octanol–water partition coefficient (Wildman–Crippen LogP) is 3.87. The van der Waals surface area contributed by atoms with Gasteiger partial charge in [0, 0.05) is 5.02 Å². The standard InChI is InChI=1S/C16H14Cl2FNO2/c17-12-6-5-11(14(19)10-12)9-16(21)20-7-8-22-15-4-2-1-3-13(15)18/h1-6,10H,7-9H2,(H,20,21). The molecule has 0 bridgehead atoms. The number of halogens is 3. The van der Waals surface area contributed by atoms with E-state index < -0.39 is 5.82 Å². The number of hydrogen-bond donors (Lipinski definition) is 1. The zero-order chi connectivity index (χ0) is 15.9. The van der Waals surface area contributed by atoms with Crippen LogP contribution in [0.4, 0.5) is 4.39 Å². The van der Waals surface area contributed by atoms with Crippen LogP contribution < -0.4 is 10.1 Å². The molecule has 0 aliphatic rings. The average Bonchev–Trinajstić information content (AvgIpc) is 2.48. The molecule has 1 amide bonds. The number of para-hydroxylation sites is 1. The second kappa shape index (κ2) is 8.01. The van der Waals surface area contributed by atoms with Crippen molar-refractivity contribution in [1.29, 1.82) is 0 Å². The van der Waals surface area contributed by atoms with Gasteiger partial charge in [-0.05, 0) is 29.8 Å². The minimum atomic E-state index is -0.491. The van der Waals surface area contributed by atoms with E-state index in [0.29, 0.717) is 27.9 Å². The Morgan fingerprint density at radius 3 is 2.68 bits per heavy atom. The summed E-state index contributed by atoms with van der Waals surface area (Å²) in [6.45, 7) is 0.581. The van der Waals surface area contributed by atoms with Crippen LogP contribution in [0.25, 0.3) is 0 Å². The van der Waals surface area contributed by atoms with Crippen molar-refractivity contribution in [3.8, 4) is 5.75 Å². The molecule has 0 atom stereocenters. The lowest BCUT2D eigenvalue weighted by Crippen LogP contribution is -2.29. The van der Waals surface area contributed by atoms with Gasteiger partial charge in [-0.25, -0.2) is 4.39 Å². The Kier molecular flexibility index (Phi) is 6.04. The third-order valence-electron chi connectivity index (χ3n) is 2.88. The Labute approximate surface area is 138 Å². The highest BCUT2D eigenvalue weighted by Crippen LogP contribution is 2.22. The SMILES string of the molecule is O=C(Cc1ccc(Cl)cc1F)NCCOc1ccccc1Cl. The molecule has 0 fully saturated rings. The van der Waals surface area contributed by atoms with Crippen LogP contribution in [0, 0.1) is 5.82 Å². The highest BCUT2D eigenvalue weighted by Gasteiger charge is 2.08. The van der Waals surface area contributed by atoms with Crippen molar-refractivity contribution in [2.24, 2.45) is 0 Å². The van der Waals surface area contributed by atoms with E-state index in [-0.39, 0.29) is 18.9 Å². The molecule has 6 heteroatoms. The molecule has 2 rings (SSSR count). The van der Waals surface area contributed by atoms with E-state index in [1.165, 1.54) is 12.1 Å². The van der Waals surface area contributed by atoms with E-state index in [1.807, 2.05) is 6.07 Å². The molecule has 3 nitrogen and oxygen atoms in total. The van der Waals surface area contributed by atoms with E-state index in [2.05, 4.69) is 5.32 Å². The first-order valence-electron chi connectivity index (χ1n) is 6.64. The van der Waals surface area contributed by atoms with Gasteiger partial charge in [0.05, 0.1) is 18.0 Å². The first-order chi connectivity index (χ1) is 10.6. The molecule has 0 aliphatic carbocycles. The van der Waals surface area contributed by atoms with Gasteiger partial charge in [0.15, 0.2) is 0 Å². The third kappa shape index (κ3) is 4.90. The van der Waals surface area contributed by atoms with E-state index in [4.69, 9.17) is 27.9 Å². The summed E-state index contributed by atoms with van der Waals surface area (Å²) in [7, 11) is 0. The highest BCUT2D eigenvalue weighted by molar-refractivity contribution is 6.32. The van der Waals surface area contributed by atoms with E-state index in [1.54, 1.807) is 24.3 Å². The van der Waals surface area contributed by atoms with Crippen LogP contribution in [0.3, 0.4) is 0 Å². The molecule has 0 saturated carbocycles. The van der Waals surface area contributed by atoms with E-state index in [0.717, 1.165) is 0 Å². The van der Waals surface area contributed by atoms with Crippen molar-refractivity contribution in [3.63, 3.8) is 0 Å². The van der Waals surface area contributed by atoms with Crippen molar-refractivity contribution >= 4 is 29.1 Å². The van der Waals surface area contributed by atoms with Gasteiger partial charge in [-0.1, -0.05) is 41.4 Å². The summed E-state index contributed by atoms with van der Waals surface area (Å²) >= 11 is 11.6. The smallest absolute Gasteiger partial charge is 0.224 e. The maximum atomic E-state index is 13.6. The number of ether oxygens (including phenoxy) is 1. The van der Waals surface area contributed by atoms with Gasteiger partial charge in [0.25, 0.3) is 0 Å². The van der Waals surface area contributed by atoms with Gasteiger partial charge >= 0.3 is 0 Å². The highest BCUT2D eigenvalue weighted by atomic mass is 35.5. The molecule has 0 heterocycles. The summed E-state index contributed by atoms with van der Waals surface area (Å²) < 4.78 is 19.0. The molecular weight excluding hydrogens is 328 g/mol. The van der Waals surface area contributed by atoms with Crippen LogP contribution in [0.15, 0.2) is 42.5 Å². The minimum Gasteiger partial charge on any atom is -0.490 e. The molecule has 22 heavy (non-hydrogen) atoms. The fourth-order valence-electron chi connectivity index (χ4n) is 1.81. The van der Waals surface area contributed by atoms with Crippen molar-refractivity contribution in [3.05, 3.63) is 63.9 Å². The Morgan fingerprint density at radius 2 is 1.95 bits per heavy atom. The van der Waals surface area contributed by atoms with Crippen molar-refractivity contribution in [2.45, 2.75) is 6.42 Å². The van der Waals surface area contributed by atoms with Gasteiger partial charge in [0.1, 0.15) is 18.2 Å². The molecule has 2 aromatic rings. The summed E-state index contributed by atoms with van der Waals surface area (Å²) in [5, 5.41) is 3.47. The summed E-state index contributed by atoms with van der Waals surface area (Å²) in [4.78, 5) is 11.7. The van der Waals surface area contributed by atoms with Crippen molar-refractivity contribution < 1.29 is 13.9 Å². The Hall–Kier alpha value is -1.78. The maximum Gasteiger partial charge on any atom is 0.224 e. The molecule has 0 radical (unpaired) electrons. The van der Waals surface area contributed by atoms with Crippen molar-refractivity contribution in [2.75, 3.05) is 13.2 Å². The molecule has 0 unspecified atom stereocenters. The summed E-state index contributed by atoms with van der Waals surface area (Å²) in [5.41, 5.74) is 0.300. The third-order valence-corrected chi connectivity index (χ3v) is 3.43. The molecule has 0 spiro atoms. The van der Waals surface area contributed by atoms with Crippen LogP contribution >= 0.6 is 23.2 Å². The normalized spacial score (nSPS) is 10.3. The van der Waals surface area contributed by atoms with Gasteiger partial charge in [0.2, 0.25) is 5.91 Å². The number of carbonyl (C=O) groups excluding carboxylic acids is 1. The summed E-state index contributed by atoms with van der Waals surface area (Å²) in [6.07, 6.45) is -0.0465. The second-order valence-electron chi connectivity index (χ2n) is 4.54. The van der Waals surface area contributed by atoms with Gasteiger partial charge in [-0.15, -0.1) is 0 Å². The zero-order valence-corrected chi connectivity index (χ0v) is 13.1. The van der Waals surface area contributed by atoms with Gasteiger partial charge in [-0.3, -0.25) is 4.79 Å². The number of hydrogen-bond acceptors (Lipinski definition) is 2. The molecule has 0 aromatic heterocycles. The topological polar surface area (TPSA) is 38.3 Å². The Bertz CT molecular complexity index is 664. The molecule has 116 valence electrons. The number of benzene rings is 2. The monoisotopic (exact) mass is 341 g/mol.